The van der Waals surface area contributed by atoms with Gasteiger partial charge in [-0.3, -0.25) is 14.2 Å². The smallest absolute Gasteiger partial charge is 0.262 e. The van der Waals surface area contributed by atoms with Crippen LogP contribution in [0.15, 0.2) is 58.5 Å². The fourth-order valence-corrected chi connectivity index (χ4v) is 3.94. The number of rotatable bonds is 7. The van der Waals surface area contributed by atoms with E-state index in [-0.39, 0.29) is 23.3 Å². The van der Waals surface area contributed by atoms with E-state index in [2.05, 4.69) is 10.3 Å². The van der Waals surface area contributed by atoms with E-state index in [1.54, 1.807) is 17.7 Å². The van der Waals surface area contributed by atoms with Crippen molar-refractivity contribution in [3.05, 3.63) is 64.4 Å². The summed E-state index contributed by atoms with van der Waals surface area (Å²) in [5.74, 6) is 0.870. The first kappa shape index (κ1) is 18.6. The molecule has 1 aliphatic carbocycles. The maximum atomic E-state index is 12.8. The van der Waals surface area contributed by atoms with Crippen molar-refractivity contribution >= 4 is 28.6 Å². The average molecular weight is 395 g/mol. The summed E-state index contributed by atoms with van der Waals surface area (Å²) < 4.78 is 6.95. The largest absolute Gasteiger partial charge is 0.497 e. The number of carbonyl (C=O) groups is 1. The first-order valence-corrected chi connectivity index (χ1v) is 10.2. The molecule has 1 N–H and O–H groups in total. The van der Waals surface area contributed by atoms with E-state index in [1.807, 2.05) is 42.5 Å². The van der Waals surface area contributed by atoms with E-state index < -0.39 is 0 Å². The zero-order valence-electron chi connectivity index (χ0n) is 15.6. The van der Waals surface area contributed by atoms with Crippen LogP contribution in [-0.4, -0.2) is 28.3 Å². The lowest BCUT2D eigenvalue weighted by Gasteiger charge is -2.12. The van der Waals surface area contributed by atoms with Crippen LogP contribution in [0.2, 0.25) is 0 Å². The minimum absolute atomic E-state index is 0.0209. The van der Waals surface area contributed by atoms with Crippen molar-refractivity contribution in [3.8, 4) is 5.75 Å². The quantitative estimate of drug-likeness (QED) is 0.491. The molecule has 0 unspecified atom stereocenters. The second-order valence-electron chi connectivity index (χ2n) is 6.73. The molecule has 4 rings (SSSR count). The lowest BCUT2D eigenvalue weighted by molar-refractivity contribution is -0.118. The van der Waals surface area contributed by atoms with Gasteiger partial charge in [-0.25, -0.2) is 4.98 Å². The predicted octanol–water partition coefficient (Wildman–Crippen LogP) is 3.15. The van der Waals surface area contributed by atoms with Gasteiger partial charge in [0.1, 0.15) is 5.75 Å². The molecule has 1 saturated carbocycles. The number of fused-ring (bicyclic) bond motifs is 1. The van der Waals surface area contributed by atoms with E-state index in [1.165, 1.54) is 11.8 Å². The summed E-state index contributed by atoms with van der Waals surface area (Å²) in [5, 5.41) is 4.15. The third kappa shape index (κ3) is 4.04. The highest BCUT2D eigenvalue weighted by molar-refractivity contribution is 7.99. The number of aromatic nitrogens is 2. The van der Waals surface area contributed by atoms with Crippen LogP contribution < -0.4 is 15.6 Å². The molecule has 6 nitrogen and oxygen atoms in total. The molecular formula is C21H21N3O3S. The molecule has 7 heteroatoms. The Bertz CT molecular complexity index is 1080. The van der Waals surface area contributed by atoms with Crippen molar-refractivity contribution < 1.29 is 9.53 Å². The molecule has 144 valence electrons. The number of carbonyl (C=O) groups excluding carboxylic acids is 1. The Labute approximate surface area is 166 Å². The number of hydrogen-bond acceptors (Lipinski definition) is 5. The first-order chi connectivity index (χ1) is 13.7. The second-order valence-corrected chi connectivity index (χ2v) is 7.68. The van der Waals surface area contributed by atoms with Gasteiger partial charge in [0.05, 0.1) is 23.8 Å². The Balaban J connectivity index is 1.45. The van der Waals surface area contributed by atoms with Crippen molar-refractivity contribution in [1.82, 2.24) is 14.9 Å². The van der Waals surface area contributed by atoms with Gasteiger partial charge in [-0.15, -0.1) is 0 Å². The van der Waals surface area contributed by atoms with Crippen molar-refractivity contribution in [2.75, 3.05) is 12.9 Å². The van der Waals surface area contributed by atoms with Crippen LogP contribution in [0.3, 0.4) is 0 Å². The minimum Gasteiger partial charge on any atom is -0.497 e. The van der Waals surface area contributed by atoms with Gasteiger partial charge in [0.2, 0.25) is 5.91 Å². The standard InChI is InChI=1S/C21H21N3O3S/c1-27-16-6-4-5-14(11-16)12-22-19(25)13-28-21-23-18-8-3-2-7-17(18)20(26)24(21)15-9-10-15/h2-8,11,15H,9-10,12-13H2,1H3,(H,22,25). The van der Waals surface area contributed by atoms with Gasteiger partial charge in [0.25, 0.3) is 5.56 Å². The number of ether oxygens (including phenoxy) is 1. The van der Waals surface area contributed by atoms with Crippen LogP contribution in [0.5, 0.6) is 5.75 Å². The number of methoxy groups -OCH3 is 1. The van der Waals surface area contributed by atoms with E-state index in [0.717, 1.165) is 24.2 Å². The summed E-state index contributed by atoms with van der Waals surface area (Å²) in [5.41, 5.74) is 1.62. The lowest BCUT2D eigenvalue weighted by Crippen LogP contribution is -2.26. The summed E-state index contributed by atoms with van der Waals surface area (Å²) in [6.45, 7) is 0.428. The molecular weight excluding hydrogens is 374 g/mol. The molecule has 0 spiro atoms. The molecule has 1 fully saturated rings. The Hall–Kier alpha value is -2.80. The first-order valence-electron chi connectivity index (χ1n) is 9.19. The molecule has 3 aromatic rings. The number of benzene rings is 2. The van der Waals surface area contributed by atoms with Gasteiger partial charge >= 0.3 is 0 Å². The predicted molar refractivity (Wildman–Crippen MR) is 110 cm³/mol. The summed E-state index contributed by atoms with van der Waals surface area (Å²) in [7, 11) is 1.62. The molecule has 1 amide bonds. The van der Waals surface area contributed by atoms with Crippen molar-refractivity contribution in [3.63, 3.8) is 0 Å². The van der Waals surface area contributed by atoms with Gasteiger partial charge in [-0.05, 0) is 42.7 Å². The van der Waals surface area contributed by atoms with Crippen LogP contribution in [0.25, 0.3) is 10.9 Å². The Morgan fingerprint density at radius 3 is 2.86 bits per heavy atom. The topological polar surface area (TPSA) is 73.2 Å². The molecule has 1 aliphatic rings. The van der Waals surface area contributed by atoms with Gasteiger partial charge < -0.3 is 10.1 Å². The highest BCUT2D eigenvalue weighted by Gasteiger charge is 2.28. The van der Waals surface area contributed by atoms with Crippen LogP contribution in [0.4, 0.5) is 0 Å². The molecule has 0 bridgehead atoms. The fraction of sp³-hybridized carbons (Fsp3) is 0.286. The number of para-hydroxylation sites is 1. The van der Waals surface area contributed by atoms with Crippen LogP contribution >= 0.6 is 11.8 Å². The van der Waals surface area contributed by atoms with E-state index in [9.17, 15) is 9.59 Å². The fourth-order valence-electron chi connectivity index (χ4n) is 3.05. The SMILES string of the molecule is COc1cccc(CNC(=O)CSc2nc3ccccc3c(=O)n2C2CC2)c1. The number of nitrogens with one attached hydrogen (secondary N) is 1. The average Bonchev–Trinajstić information content (AvgIpc) is 3.56. The van der Waals surface area contributed by atoms with Gasteiger partial charge in [0, 0.05) is 12.6 Å². The molecule has 28 heavy (non-hydrogen) atoms. The molecule has 2 aromatic carbocycles. The van der Waals surface area contributed by atoms with Crippen molar-refractivity contribution in [1.29, 1.82) is 0 Å². The summed E-state index contributed by atoms with van der Waals surface area (Å²) >= 11 is 1.31. The highest BCUT2D eigenvalue weighted by atomic mass is 32.2. The molecule has 0 radical (unpaired) electrons. The monoisotopic (exact) mass is 395 g/mol. The number of amides is 1. The van der Waals surface area contributed by atoms with Crippen molar-refractivity contribution in [2.45, 2.75) is 30.6 Å². The van der Waals surface area contributed by atoms with E-state index in [4.69, 9.17) is 4.74 Å². The van der Waals surface area contributed by atoms with Crippen LogP contribution in [-0.2, 0) is 11.3 Å². The molecule has 0 aliphatic heterocycles. The van der Waals surface area contributed by atoms with E-state index in [0.29, 0.717) is 22.6 Å². The normalized spacial score (nSPS) is 13.5. The maximum absolute atomic E-state index is 12.8. The van der Waals surface area contributed by atoms with Gasteiger partial charge in [-0.2, -0.15) is 0 Å². The Kier molecular flexibility index (Phi) is 5.34. The van der Waals surface area contributed by atoms with Crippen LogP contribution in [0, 0.1) is 0 Å². The van der Waals surface area contributed by atoms with Crippen LogP contribution in [0.1, 0.15) is 24.4 Å². The Morgan fingerprint density at radius 1 is 1.25 bits per heavy atom. The molecule has 0 atom stereocenters. The third-order valence-electron chi connectivity index (χ3n) is 4.64. The Morgan fingerprint density at radius 2 is 2.07 bits per heavy atom. The van der Waals surface area contributed by atoms with Gasteiger partial charge in [0.15, 0.2) is 5.16 Å². The number of nitrogens with zero attached hydrogens (tertiary/aromatic N) is 2. The van der Waals surface area contributed by atoms with E-state index >= 15 is 0 Å². The second kappa shape index (κ2) is 8.06. The third-order valence-corrected chi connectivity index (χ3v) is 5.60. The highest BCUT2D eigenvalue weighted by Crippen LogP contribution is 2.36. The summed E-state index contributed by atoms with van der Waals surface area (Å²) in [4.78, 5) is 29.8. The molecule has 0 saturated heterocycles. The van der Waals surface area contributed by atoms with Crippen molar-refractivity contribution in [2.24, 2.45) is 0 Å². The lowest BCUT2D eigenvalue weighted by atomic mass is 10.2. The summed E-state index contributed by atoms with van der Waals surface area (Å²) in [6.07, 6.45) is 1.96. The zero-order chi connectivity index (χ0) is 19.5. The number of hydrogen-bond donors (Lipinski definition) is 1. The zero-order valence-corrected chi connectivity index (χ0v) is 16.4. The molecule has 1 heterocycles. The minimum atomic E-state index is -0.0995. The summed E-state index contributed by atoms with van der Waals surface area (Å²) in [6, 6.07) is 15.1. The van der Waals surface area contributed by atoms with Gasteiger partial charge in [-0.1, -0.05) is 36.0 Å². The number of thioether (sulfide) groups is 1. The maximum Gasteiger partial charge on any atom is 0.262 e. The molecule has 1 aromatic heterocycles.